The second kappa shape index (κ2) is 9.04. The lowest BCUT2D eigenvalue weighted by Gasteiger charge is -2.31. The van der Waals surface area contributed by atoms with Crippen molar-refractivity contribution in [2.24, 2.45) is 16.6 Å². The number of hydrogen-bond acceptors (Lipinski definition) is 2. The maximum Gasteiger partial charge on any atom is 0.191 e. The monoisotopic (exact) mass is 341 g/mol. The molecule has 0 saturated carbocycles. The summed E-state index contributed by atoms with van der Waals surface area (Å²) in [5.41, 5.74) is 5.90. The Bertz CT molecular complexity index is 203. The number of rotatable bonds is 4. The van der Waals surface area contributed by atoms with Gasteiger partial charge in [0, 0.05) is 19.7 Å². The number of hydrogen-bond donors (Lipinski definition) is 1. The van der Waals surface area contributed by atoms with Crippen LogP contribution in [-0.2, 0) is 4.74 Å². The van der Waals surface area contributed by atoms with E-state index in [1.165, 1.54) is 12.8 Å². The van der Waals surface area contributed by atoms with Crippen molar-refractivity contribution in [3.8, 4) is 0 Å². The van der Waals surface area contributed by atoms with Crippen LogP contribution in [0.3, 0.4) is 0 Å². The van der Waals surface area contributed by atoms with Gasteiger partial charge in [0.05, 0.1) is 13.2 Å². The molecule has 0 radical (unpaired) electrons. The van der Waals surface area contributed by atoms with E-state index in [9.17, 15) is 0 Å². The first-order valence-corrected chi connectivity index (χ1v) is 5.86. The summed E-state index contributed by atoms with van der Waals surface area (Å²) in [5, 5.41) is 0. The minimum absolute atomic E-state index is 0. The lowest BCUT2D eigenvalue weighted by Crippen LogP contribution is -2.42. The van der Waals surface area contributed by atoms with Crippen LogP contribution in [0.2, 0.25) is 0 Å². The summed E-state index contributed by atoms with van der Waals surface area (Å²) in [6.07, 6.45) is 2.45. The van der Waals surface area contributed by atoms with Crippen molar-refractivity contribution in [1.29, 1.82) is 0 Å². The normalized spacial score (nSPS) is 18.4. The minimum atomic E-state index is 0. The molecule has 1 saturated heterocycles. The highest BCUT2D eigenvalue weighted by Gasteiger charge is 2.16. The smallest absolute Gasteiger partial charge is 0.191 e. The van der Waals surface area contributed by atoms with Crippen LogP contribution in [0.25, 0.3) is 0 Å². The first kappa shape index (κ1) is 16.0. The third kappa shape index (κ3) is 5.89. The van der Waals surface area contributed by atoms with E-state index < -0.39 is 0 Å². The van der Waals surface area contributed by atoms with Gasteiger partial charge in [-0.2, -0.15) is 0 Å². The molecule has 0 aromatic heterocycles. The number of guanidine groups is 1. The summed E-state index contributed by atoms with van der Waals surface area (Å²) in [6, 6.07) is 0. The highest BCUT2D eigenvalue weighted by atomic mass is 127. The molecule has 0 aromatic carbocycles. The second-order valence-corrected chi connectivity index (χ2v) is 4.11. The summed E-state index contributed by atoms with van der Waals surface area (Å²) < 4.78 is 5.21. The molecular weight excluding hydrogens is 317 g/mol. The van der Waals surface area contributed by atoms with Gasteiger partial charge in [0.15, 0.2) is 5.96 Å². The Balaban J connectivity index is 0.00000225. The molecule has 0 atom stereocenters. The predicted octanol–water partition coefficient (Wildman–Crippen LogP) is 1.69. The number of halogens is 1. The van der Waals surface area contributed by atoms with E-state index in [0.29, 0.717) is 19.1 Å². The number of nitrogens with zero attached hydrogens (tertiary/aromatic N) is 2. The zero-order valence-corrected chi connectivity index (χ0v) is 12.6. The molecule has 1 rings (SSSR count). The molecule has 1 aliphatic rings. The van der Waals surface area contributed by atoms with E-state index >= 15 is 0 Å². The van der Waals surface area contributed by atoms with Gasteiger partial charge in [-0.1, -0.05) is 6.92 Å². The third-order valence-electron chi connectivity index (χ3n) is 2.82. The van der Waals surface area contributed by atoms with E-state index in [2.05, 4.69) is 16.8 Å². The van der Waals surface area contributed by atoms with Gasteiger partial charge in [-0.3, -0.25) is 4.99 Å². The van der Waals surface area contributed by atoms with Crippen molar-refractivity contribution >= 4 is 29.9 Å². The lowest BCUT2D eigenvalue weighted by molar-refractivity contribution is 0.155. The summed E-state index contributed by atoms with van der Waals surface area (Å²) in [7, 11) is 0. The fourth-order valence-corrected chi connectivity index (χ4v) is 1.71. The number of piperidine rings is 1. The van der Waals surface area contributed by atoms with E-state index in [4.69, 9.17) is 10.5 Å². The highest BCUT2D eigenvalue weighted by molar-refractivity contribution is 14.0. The van der Waals surface area contributed by atoms with Crippen molar-refractivity contribution in [2.75, 3.05) is 32.8 Å². The quantitative estimate of drug-likeness (QED) is 0.366. The molecule has 96 valence electrons. The molecule has 1 fully saturated rings. The van der Waals surface area contributed by atoms with Crippen LogP contribution in [0.15, 0.2) is 4.99 Å². The summed E-state index contributed by atoms with van der Waals surface area (Å²) in [4.78, 5) is 6.48. The van der Waals surface area contributed by atoms with Crippen LogP contribution in [-0.4, -0.2) is 43.7 Å². The zero-order valence-electron chi connectivity index (χ0n) is 10.3. The molecule has 5 heteroatoms. The van der Waals surface area contributed by atoms with E-state index in [-0.39, 0.29) is 24.0 Å². The van der Waals surface area contributed by atoms with Crippen molar-refractivity contribution in [2.45, 2.75) is 26.7 Å². The van der Waals surface area contributed by atoms with Crippen molar-refractivity contribution in [3.05, 3.63) is 0 Å². The third-order valence-corrected chi connectivity index (χ3v) is 2.82. The van der Waals surface area contributed by atoms with Gasteiger partial charge in [-0.05, 0) is 25.7 Å². The molecular formula is C11H24IN3O. The number of aliphatic imine (C=N–C) groups is 1. The predicted molar refractivity (Wildman–Crippen MR) is 78.4 cm³/mol. The number of likely N-dealkylation sites (tertiary alicyclic amines) is 1. The number of nitrogens with two attached hydrogens (primary N) is 1. The Kier molecular flexibility index (Phi) is 9.02. The van der Waals surface area contributed by atoms with E-state index in [0.717, 1.165) is 25.6 Å². The summed E-state index contributed by atoms with van der Waals surface area (Å²) >= 11 is 0. The Morgan fingerprint density at radius 2 is 2.06 bits per heavy atom. The van der Waals surface area contributed by atoms with Gasteiger partial charge in [-0.25, -0.2) is 0 Å². The van der Waals surface area contributed by atoms with Crippen LogP contribution in [0.5, 0.6) is 0 Å². The first-order chi connectivity index (χ1) is 7.24. The van der Waals surface area contributed by atoms with Crippen molar-refractivity contribution in [3.63, 3.8) is 0 Å². The molecule has 0 bridgehead atoms. The molecule has 16 heavy (non-hydrogen) atoms. The minimum Gasteiger partial charge on any atom is -0.380 e. The fourth-order valence-electron chi connectivity index (χ4n) is 1.71. The fraction of sp³-hybridized carbons (Fsp3) is 0.909. The van der Waals surface area contributed by atoms with Crippen LogP contribution in [0, 0.1) is 5.92 Å². The first-order valence-electron chi connectivity index (χ1n) is 5.86. The molecule has 1 aliphatic heterocycles. The van der Waals surface area contributed by atoms with Crippen LogP contribution in [0.1, 0.15) is 26.7 Å². The van der Waals surface area contributed by atoms with Crippen LogP contribution >= 0.6 is 24.0 Å². The molecule has 0 aliphatic carbocycles. The molecule has 0 spiro atoms. The molecule has 1 heterocycles. The Hall–Kier alpha value is -0.0400. The Labute approximate surface area is 116 Å². The second-order valence-electron chi connectivity index (χ2n) is 4.11. The maximum atomic E-state index is 5.90. The standard InChI is InChI=1S/C11H23N3O.HI/c1-3-15-9-6-13-11(12)14-7-4-10(2)5-8-14;/h10H,3-9H2,1-2H3,(H2,12,13);1H. The van der Waals surface area contributed by atoms with Crippen LogP contribution in [0.4, 0.5) is 0 Å². The van der Waals surface area contributed by atoms with Gasteiger partial charge >= 0.3 is 0 Å². The van der Waals surface area contributed by atoms with Gasteiger partial charge in [-0.15, -0.1) is 24.0 Å². The Morgan fingerprint density at radius 3 is 2.62 bits per heavy atom. The van der Waals surface area contributed by atoms with E-state index in [1.54, 1.807) is 0 Å². The molecule has 2 N–H and O–H groups in total. The lowest BCUT2D eigenvalue weighted by atomic mass is 10.00. The van der Waals surface area contributed by atoms with Gasteiger partial charge < -0.3 is 15.4 Å². The molecule has 0 aromatic rings. The molecule has 0 unspecified atom stereocenters. The van der Waals surface area contributed by atoms with Gasteiger partial charge in [0.1, 0.15) is 0 Å². The SMILES string of the molecule is CCOCCN=C(N)N1CCC(C)CC1.I. The molecule has 4 nitrogen and oxygen atoms in total. The molecule has 0 amide bonds. The van der Waals surface area contributed by atoms with Gasteiger partial charge in [0.25, 0.3) is 0 Å². The van der Waals surface area contributed by atoms with Crippen molar-refractivity contribution in [1.82, 2.24) is 4.90 Å². The Morgan fingerprint density at radius 1 is 1.44 bits per heavy atom. The number of ether oxygens (including phenoxy) is 1. The highest BCUT2D eigenvalue weighted by Crippen LogP contribution is 2.15. The summed E-state index contributed by atoms with van der Waals surface area (Å²) in [6.45, 7) is 8.46. The topological polar surface area (TPSA) is 50.9 Å². The average molecular weight is 341 g/mol. The van der Waals surface area contributed by atoms with Crippen molar-refractivity contribution < 1.29 is 4.74 Å². The maximum absolute atomic E-state index is 5.90. The van der Waals surface area contributed by atoms with Gasteiger partial charge in [0.2, 0.25) is 0 Å². The van der Waals surface area contributed by atoms with E-state index in [1.807, 2.05) is 6.92 Å². The van der Waals surface area contributed by atoms with Crippen LogP contribution < -0.4 is 5.73 Å². The largest absolute Gasteiger partial charge is 0.380 e. The zero-order chi connectivity index (χ0) is 11.1. The summed E-state index contributed by atoms with van der Waals surface area (Å²) in [5.74, 6) is 1.51. The average Bonchev–Trinajstić information content (AvgIpc) is 2.25.